The molecule has 162 valence electrons. The molecule has 1 amide bonds. The van der Waals surface area contributed by atoms with Gasteiger partial charge in [-0.2, -0.15) is 5.10 Å². The number of benzene rings is 2. The maximum atomic E-state index is 12.8. The van der Waals surface area contributed by atoms with E-state index in [0.717, 1.165) is 33.2 Å². The first-order valence-electron chi connectivity index (χ1n) is 10.1. The number of piperazine rings is 1. The van der Waals surface area contributed by atoms with Crippen molar-refractivity contribution in [3.8, 4) is 0 Å². The average Bonchev–Trinajstić information content (AvgIpc) is 3.20. The maximum Gasteiger partial charge on any atom is 0.254 e. The summed E-state index contributed by atoms with van der Waals surface area (Å²) in [6.07, 6.45) is 0.882. The van der Waals surface area contributed by atoms with E-state index in [2.05, 4.69) is 22.4 Å². The number of aromatic nitrogens is 1. The van der Waals surface area contributed by atoms with E-state index in [1.54, 1.807) is 35.6 Å². The predicted molar refractivity (Wildman–Crippen MR) is 131 cm³/mol. The number of anilines is 2. The van der Waals surface area contributed by atoms with Crippen LogP contribution in [-0.2, 0) is 0 Å². The second-order valence-corrected chi connectivity index (χ2v) is 9.24. The zero-order valence-electron chi connectivity index (χ0n) is 17.4. The highest BCUT2D eigenvalue weighted by molar-refractivity contribution is 7.22. The summed E-state index contributed by atoms with van der Waals surface area (Å²) in [6.45, 7) is 6.61. The van der Waals surface area contributed by atoms with Gasteiger partial charge in [0.1, 0.15) is 5.52 Å². The summed E-state index contributed by atoms with van der Waals surface area (Å²) in [5, 5.41) is 6.31. The number of halogens is 2. The Hall–Kier alpha value is -2.35. The van der Waals surface area contributed by atoms with Gasteiger partial charge in [-0.05, 0) is 43.7 Å². The molecule has 1 aliphatic rings. The van der Waals surface area contributed by atoms with E-state index >= 15 is 0 Å². The maximum absolute atomic E-state index is 12.8. The number of fused-ring (bicyclic) bond motifs is 1. The minimum atomic E-state index is -0.00393. The summed E-state index contributed by atoms with van der Waals surface area (Å²) in [7, 11) is 0. The summed E-state index contributed by atoms with van der Waals surface area (Å²) in [6, 6.07) is 11.0. The van der Waals surface area contributed by atoms with Crippen LogP contribution in [0.3, 0.4) is 0 Å². The van der Waals surface area contributed by atoms with Gasteiger partial charge in [-0.3, -0.25) is 10.2 Å². The highest BCUT2D eigenvalue weighted by Gasteiger charge is 2.25. The van der Waals surface area contributed by atoms with Gasteiger partial charge in [0.15, 0.2) is 0 Å². The van der Waals surface area contributed by atoms with Crippen LogP contribution in [0.4, 0.5) is 10.8 Å². The van der Waals surface area contributed by atoms with Crippen molar-refractivity contribution < 1.29 is 4.79 Å². The number of hydrazone groups is 1. The smallest absolute Gasteiger partial charge is 0.254 e. The lowest BCUT2D eigenvalue weighted by molar-refractivity contribution is 0.0747. The van der Waals surface area contributed by atoms with Crippen molar-refractivity contribution >= 4 is 67.2 Å². The predicted octanol–water partition coefficient (Wildman–Crippen LogP) is 5.76. The van der Waals surface area contributed by atoms with Gasteiger partial charge in [-0.25, -0.2) is 4.98 Å². The van der Waals surface area contributed by atoms with Crippen LogP contribution in [-0.4, -0.2) is 47.7 Å². The van der Waals surface area contributed by atoms with E-state index in [4.69, 9.17) is 28.2 Å². The summed E-state index contributed by atoms with van der Waals surface area (Å²) < 4.78 is 1.05. The summed E-state index contributed by atoms with van der Waals surface area (Å²) in [5.41, 5.74) is 6.44. The number of carbonyl (C=O) groups is 1. The normalized spacial score (nSPS) is 14.9. The van der Waals surface area contributed by atoms with E-state index in [9.17, 15) is 4.79 Å². The van der Waals surface area contributed by atoms with Crippen molar-refractivity contribution in [2.75, 3.05) is 36.5 Å². The number of amides is 1. The largest absolute Gasteiger partial charge is 0.365 e. The monoisotopic (exact) mass is 475 g/mol. The highest BCUT2D eigenvalue weighted by Crippen LogP contribution is 2.38. The molecule has 0 aliphatic carbocycles. The third-order valence-electron chi connectivity index (χ3n) is 5.29. The van der Waals surface area contributed by atoms with E-state index in [1.165, 1.54) is 0 Å². The van der Waals surface area contributed by atoms with Gasteiger partial charge in [-0.1, -0.05) is 47.5 Å². The lowest BCUT2D eigenvalue weighted by Crippen LogP contribution is -2.49. The molecule has 0 atom stereocenters. The molecular formula is C22H23Cl2N5OS. The number of rotatable bonds is 5. The molecular weight excluding hydrogens is 453 g/mol. The molecule has 1 aliphatic heterocycles. The molecule has 4 rings (SSSR count). The first kappa shape index (κ1) is 21.9. The number of nitrogens with zero attached hydrogens (tertiary/aromatic N) is 4. The fourth-order valence-corrected chi connectivity index (χ4v) is 4.74. The lowest BCUT2D eigenvalue weighted by atomic mass is 10.1. The quantitative estimate of drug-likeness (QED) is 0.376. The summed E-state index contributed by atoms with van der Waals surface area (Å²) in [4.78, 5) is 21.6. The molecule has 0 radical (unpaired) electrons. The molecule has 0 saturated carbocycles. The molecule has 6 nitrogen and oxygen atoms in total. The number of carbonyl (C=O) groups excluding carboxylic acids is 1. The Morgan fingerprint density at radius 3 is 2.68 bits per heavy atom. The van der Waals surface area contributed by atoms with Gasteiger partial charge in [0, 0.05) is 42.5 Å². The zero-order chi connectivity index (χ0) is 22.0. The molecule has 1 N–H and O–H groups in total. The van der Waals surface area contributed by atoms with Crippen molar-refractivity contribution in [3.05, 3.63) is 52.0 Å². The summed E-state index contributed by atoms with van der Waals surface area (Å²) in [5.74, 6) is -0.00393. The third kappa shape index (κ3) is 4.79. The second-order valence-electron chi connectivity index (χ2n) is 7.36. The van der Waals surface area contributed by atoms with Gasteiger partial charge in [-0.15, -0.1) is 0 Å². The first-order valence-corrected chi connectivity index (χ1v) is 11.7. The Labute approximate surface area is 195 Å². The van der Waals surface area contributed by atoms with Gasteiger partial charge in [0.25, 0.3) is 5.91 Å². The molecule has 3 aromatic rings. The van der Waals surface area contributed by atoms with Crippen LogP contribution in [0.15, 0.2) is 41.5 Å². The van der Waals surface area contributed by atoms with Crippen molar-refractivity contribution in [2.24, 2.45) is 5.10 Å². The van der Waals surface area contributed by atoms with Crippen molar-refractivity contribution in [3.63, 3.8) is 0 Å². The summed E-state index contributed by atoms with van der Waals surface area (Å²) >= 11 is 14.2. The highest BCUT2D eigenvalue weighted by atomic mass is 35.5. The number of hydrogen-bond donors (Lipinski definition) is 1. The Morgan fingerprint density at radius 1 is 1.19 bits per heavy atom. The van der Waals surface area contributed by atoms with Crippen LogP contribution in [0.5, 0.6) is 0 Å². The zero-order valence-corrected chi connectivity index (χ0v) is 19.7. The molecule has 9 heteroatoms. The molecule has 0 unspecified atom stereocenters. The van der Waals surface area contributed by atoms with Gasteiger partial charge in [0.05, 0.1) is 15.4 Å². The molecule has 31 heavy (non-hydrogen) atoms. The molecule has 1 saturated heterocycles. The van der Waals surface area contributed by atoms with Crippen LogP contribution in [0.1, 0.15) is 30.6 Å². The number of nitrogens with one attached hydrogen (secondary N) is 1. The van der Waals surface area contributed by atoms with Crippen LogP contribution in [0, 0.1) is 0 Å². The second kappa shape index (κ2) is 9.42. The van der Waals surface area contributed by atoms with E-state index in [-0.39, 0.29) is 5.91 Å². The molecule has 2 heterocycles. The van der Waals surface area contributed by atoms with Crippen LogP contribution in [0.25, 0.3) is 10.2 Å². The Morgan fingerprint density at radius 2 is 1.97 bits per heavy atom. The number of hydrogen-bond acceptors (Lipinski definition) is 6. The standard InChI is InChI=1S/C22H23Cl2N5OS/c1-3-14(2)26-27-22-25-19-18(31-22)8-7-17(24)20(19)28-9-11-29(12-10-28)21(30)15-5-4-6-16(23)13-15/h4-8,13H,3,9-12H2,1-2H3,(H,25,27)/b26-14-. The van der Waals surface area contributed by atoms with Crippen molar-refractivity contribution in [1.29, 1.82) is 0 Å². The van der Waals surface area contributed by atoms with Gasteiger partial charge < -0.3 is 9.80 Å². The topological polar surface area (TPSA) is 60.8 Å². The lowest BCUT2D eigenvalue weighted by Gasteiger charge is -2.36. The van der Waals surface area contributed by atoms with Crippen LogP contribution < -0.4 is 10.3 Å². The van der Waals surface area contributed by atoms with Gasteiger partial charge in [0.2, 0.25) is 5.13 Å². The van der Waals surface area contributed by atoms with Crippen LogP contribution in [0.2, 0.25) is 10.0 Å². The van der Waals surface area contributed by atoms with E-state index in [0.29, 0.717) is 41.8 Å². The molecule has 1 fully saturated rings. The molecule has 1 aromatic heterocycles. The van der Waals surface area contributed by atoms with E-state index in [1.807, 2.05) is 24.0 Å². The molecule has 0 bridgehead atoms. The SMILES string of the molecule is CC/C(C)=N\Nc1nc2c(N3CCN(C(=O)c4cccc(Cl)c4)CC3)c(Cl)ccc2s1. The average molecular weight is 476 g/mol. The van der Waals surface area contributed by atoms with Crippen LogP contribution >= 0.6 is 34.5 Å². The third-order valence-corrected chi connectivity index (χ3v) is 6.76. The first-order chi connectivity index (χ1) is 15.0. The van der Waals surface area contributed by atoms with E-state index < -0.39 is 0 Å². The Balaban J connectivity index is 1.52. The minimum Gasteiger partial charge on any atom is -0.365 e. The molecule has 2 aromatic carbocycles. The fourth-order valence-electron chi connectivity index (χ4n) is 3.46. The minimum absolute atomic E-state index is 0.00393. The Kier molecular flexibility index (Phi) is 6.65. The number of thiazole rings is 1. The van der Waals surface area contributed by atoms with Gasteiger partial charge >= 0.3 is 0 Å². The van der Waals surface area contributed by atoms with Crippen molar-refractivity contribution in [2.45, 2.75) is 20.3 Å². The van der Waals surface area contributed by atoms with Crippen molar-refractivity contribution in [1.82, 2.24) is 9.88 Å². The fraction of sp³-hybridized carbons (Fsp3) is 0.318. The Bertz CT molecular complexity index is 1140. The molecule has 0 spiro atoms.